The standard InChI is InChI=1S/CHN5O3S/c2-3-1(7)6-4-5-10(6,8)9/h2H. The fourth-order valence-electron chi connectivity index (χ4n) is 0.312. The molecular formula is CHN5O3S. The van der Waals surface area contributed by atoms with E-state index in [2.05, 4.69) is 14.9 Å². The molecule has 1 heterocycles. The van der Waals surface area contributed by atoms with Crippen molar-refractivity contribution in [3.63, 3.8) is 0 Å². The quantitative estimate of drug-likeness (QED) is 0.509. The molecule has 0 aliphatic carbocycles. The summed E-state index contributed by atoms with van der Waals surface area (Å²) in [6.07, 6.45) is 0. The predicted molar refractivity (Wildman–Crippen MR) is 26.2 cm³/mol. The Balaban J connectivity index is 2.92. The van der Waals surface area contributed by atoms with Crippen molar-refractivity contribution < 1.29 is 13.2 Å². The van der Waals surface area contributed by atoms with Crippen LogP contribution in [0.2, 0.25) is 0 Å². The zero-order chi connectivity index (χ0) is 7.78. The molecule has 0 saturated carbocycles. The summed E-state index contributed by atoms with van der Waals surface area (Å²) < 4.78 is 23.3. The van der Waals surface area contributed by atoms with Gasteiger partial charge < -0.3 is 0 Å². The minimum atomic E-state index is -3.91. The Hall–Kier alpha value is -1.38. The second-order valence-electron chi connectivity index (χ2n) is 1.29. The van der Waals surface area contributed by atoms with Crippen molar-refractivity contribution in [1.29, 1.82) is 5.53 Å². The van der Waals surface area contributed by atoms with Gasteiger partial charge in [-0.15, -0.1) is 0 Å². The third kappa shape index (κ3) is 0.757. The monoisotopic (exact) mass is 163 g/mol. The van der Waals surface area contributed by atoms with Gasteiger partial charge in [0, 0.05) is 0 Å². The van der Waals surface area contributed by atoms with Gasteiger partial charge in [0.1, 0.15) is 0 Å². The number of carbonyl (C=O) groups excluding carboxylic acids is 1. The highest BCUT2D eigenvalue weighted by Gasteiger charge is 2.35. The van der Waals surface area contributed by atoms with E-state index in [1.54, 1.807) is 0 Å². The Kier molecular flexibility index (Phi) is 1.21. The first-order valence-corrected chi connectivity index (χ1v) is 3.37. The van der Waals surface area contributed by atoms with Gasteiger partial charge in [-0.1, -0.05) is 9.53 Å². The molecule has 0 bridgehead atoms. The van der Waals surface area contributed by atoms with Crippen LogP contribution in [0.4, 0.5) is 4.79 Å². The summed E-state index contributed by atoms with van der Waals surface area (Å²) in [7, 11) is -3.91. The third-order valence-electron chi connectivity index (χ3n) is 0.699. The number of hydrogen-bond acceptors (Lipinski definition) is 5. The maximum atomic E-state index is 10.3. The molecule has 1 aliphatic heterocycles. The van der Waals surface area contributed by atoms with E-state index in [9.17, 15) is 13.2 Å². The van der Waals surface area contributed by atoms with Crippen LogP contribution in [0.25, 0.3) is 0 Å². The van der Waals surface area contributed by atoms with E-state index in [4.69, 9.17) is 5.53 Å². The number of hydrogen-bond donors (Lipinski definition) is 1. The number of urea groups is 1. The number of carbonyl (C=O) groups is 1. The number of nitrogens with zero attached hydrogens (tertiary/aromatic N) is 4. The second-order valence-corrected chi connectivity index (χ2v) is 2.69. The third-order valence-corrected chi connectivity index (χ3v) is 1.64. The average Bonchev–Trinajstić information content (AvgIpc) is 1.86. The molecule has 0 aromatic heterocycles. The first kappa shape index (κ1) is 6.74. The molecule has 0 aromatic rings. The number of rotatable bonds is 0. The van der Waals surface area contributed by atoms with E-state index < -0.39 is 16.2 Å². The molecule has 0 atom stereocenters. The lowest BCUT2D eigenvalue weighted by Gasteiger charge is -2.13. The van der Waals surface area contributed by atoms with Gasteiger partial charge in [-0.2, -0.15) is 13.9 Å². The summed E-state index contributed by atoms with van der Waals surface area (Å²) in [5.74, 6) is 0. The zero-order valence-corrected chi connectivity index (χ0v) is 5.24. The van der Waals surface area contributed by atoms with Gasteiger partial charge >= 0.3 is 16.2 Å². The molecule has 54 valence electrons. The Morgan fingerprint density at radius 2 is 2.20 bits per heavy atom. The van der Waals surface area contributed by atoms with E-state index in [1.807, 2.05) is 0 Å². The maximum absolute atomic E-state index is 10.3. The molecule has 2 amide bonds. The van der Waals surface area contributed by atoms with Crippen LogP contribution in [0.5, 0.6) is 0 Å². The van der Waals surface area contributed by atoms with Gasteiger partial charge in [0.2, 0.25) is 0 Å². The van der Waals surface area contributed by atoms with Gasteiger partial charge in [-0.05, 0) is 9.74 Å². The van der Waals surface area contributed by atoms with E-state index in [0.29, 0.717) is 0 Å². The Morgan fingerprint density at radius 1 is 1.60 bits per heavy atom. The van der Waals surface area contributed by atoms with Crippen molar-refractivity contribution in [2.45, 2.75) is 0 Å². The van der Waals surface area contributed by atoms with Crippen molar-refractivity contribution in [2.75, 3.05) is 0 Å². The van der Waals surface area contributed by atoms with Gasteiger partial charge in [0.05, 0.1) is 0 Å². The van der Waals surface area contributed by atoms with Crippen LogP contribution >= 0.6 is 0 Å². The summed E-state index contributed by atoms with van der Waals surface area (Å²) in [5.41, 5.74) is 6.12. The van der Waals surface area contributed by atoms with Crippen molar-refractivity contribution in [2.24, 2.45) is 14.9 Å². The molecule has 0 unspecified atom stereocenters. The minimum absolute atomic E-state index is 0.0278. The highest BCUT2D eigenvalue weighted by Crippen LogP contribution is 2.16. The average molecular weight is 163 g/mol. The summed E-state index contributed by atoms with van der Waals surface area (Å²) in [5, 5.41) is 5.11. The van der Waals surface area contributed by atoms with Crippen LogP contribution < -0.4 is 0 Å². The fraction of sp³-hybridized carbons (Fsp3) is 0. The molecule has 1 rings (SSSR count). The molecule has 0 fully saturated rings. The largest absolute Gasteiger partial charge is 0.399 e. The predicted octanol–water partition coefficient (Wildman–Crippen LogP) is 0.0650. The highest BCUT2D eigenvalue weighted by atomic mass is 32.2. The van der Waals surface area contributed by atoms with Gasteiger partial charge in [0.15, 0.2) is 0 Å². The van der Waals surface area contributed by atoms with Gasteiger partial charge in [-0.25, -0.2) is 4.79 Å². The van der Waals surface area contributed by atoms with Crippen molar-refractivity contribution in [3.8, 4) is 0 Å². The zero-order valence-electron chi connectivity index (χ0n) is 4.42. The summed E-state index contributed by atoms with van der Waals surface area (Å²) in [6, 6.07) is -1.27. The maximum Gasteiger partial charge on any atom is 0.399 e. The van der Waals surface area contributed by atoms with E-state index in [-0.39, 0.29) is 4.41 Å². The molecule has 10 heavy (non-hydrogen) atoms. The van der Waals surface area contributed by atoms with Crippen molar-refractivity contribution in [1.82, 2.24) is 4.41 Å². The number of amides is 2. The minimum Gasteiger partial charge on any atom is -0.241 e. The molecule has 0 saturated heterocycles. The molecular weight excluding hydrogens is 162 g/mol. The lowest BCUT2D eigenvalue weighted by Crippen LogP contribution is -2.33. The number of nitrogens with one attached hydrogen (secondary N) is 1. The van der Waals surface area contributed by atoms with Crippen LogP contribution in [0.1, 0.15) is 0 Å². The van der Waals surface area contributed by atoms with Crippen LogP contribution in [0.15, 0.2) is 14.9 Å². The van der Waals surface area contributed by atoms with E-state index in [1.165, 1.54) is 0 Å². The molecule has 1 N–H and O–H groups in total. The first-order valence-electron chi connectivity index (χ1n) is 1.97. The Morgan fingerprint density at radius 3 is 2.30 bits per heavy atom. The second kappa shape index (κ2) is 1.80. The van der Waals surface area contributed by atoms with Crippen LogP contribution in [0, 0.1) is 5.53 Å². The van der Waals surface area contributed by atoms with Gasteiger partial charge in [-0.3, -0.25) is 0 Å². The lowest BCUT2D eigenvalue weighted by atomic mass is 11.1. The molecule has 0 radical (unpaired) electrons. The molecule has 0 spiro atoms. The van der Waals surface area contributed by atoms with E-state index >= 15 is 0 Å². The Bertz CT molecular complexity index is 301. The van der Waals surface area contributed by atoms with Crippen LogP contribution in [-0.2, 0) is 10.2 Å². The lowest BCUT2D eigenvalue weighted by molar-refractivity contribution is 0.225. The van der Waals surface area contributed by atoms with Crippen molar-refractivity contribution in [3.05, 3.63) is 0 Å². The molecule has 9 heteroatoms. The van der Waals surface area contributed by atoms with Crippen molar-refractivity contribution >= 4 is 16.2 Å². The van der Waals surface area contributed by atoms with Crippen LogP contribution in [0.3, 0.4) is 0 Å². The fourth-order valence-corrected chi connectivity index (χ4v) is 0.816. The summed E-state index contributed by atoms with van der Waals surface area (Å²) >= 11 is 0. The topological polar surface area (TPSA) is 115 Å². The summed E-state index contributed by atoms with van der Waals surface area (Å²) in [6.45, 7) is 0. The molecule has 1 aliphatic rings. The smallest absolute Gasteiger partial charge is 0.241 e. The van der Waals surface area contributed by atoms with Crippen LogP contribution in [-0.4, -0.2) is 18.9 Å². The first-order chi connectivity index (χ1) is 4.58. The Labute approximate surface area is 55.2 Å². The normalized spacial score (nSPS) is 19.8. The highest BCUT2D eigenvalue weighted by molar-refractivity contribution is 7.88. The molecule has 0 aromatic carbocycles. The summed E-state index contributed by atoms with van der Waals surface area (Å²) in [4.78, 5) is 10.2. The SMILES string of the molecule is N=NC(=O)N1N=NS1(=O)=O. The van der Waals surface area contributed by atoms with E-state index in [0.717, 1.165) is 0 Å². The molecule has 8 nitrogen and oxygen atoms in total. The van der Waals surface area contributed by atoms with Gasteiger partial charge in [0.25, 0.3) is 0 Å².